The van der Waals surface area contributed by atoms with Crippen molar-refractivity contribution in [2.45, 2.75) is 113 Å². The molecule has 1 aliphatic rings. The molecule has 0 atom stereocenters. The van der Waals surface area contributed by atoms with Crippen LogP contribution in [-0.4, -0.2) is 16.2 Å². The molecule has 0 unspecified atom stereocenters. The quantitative estimate of drug-likeness (QED) is 0.152. The molecule has 3 heterocycles. The largest absolute Gasteiger partial charge is 0.457 e. The van der Waals surface area contributed by atoms with Crippen LogP contribution >= 0.6 is 0 Å². The normalized spacial score (nSPS) is 14.1. The van der Waals surface area contributed by atoms with Gasteiger partial charge in [0.1, 0.15) is 17.3 Å². The first-order valence-corrected chi connectivity index (χ1v) is 24.4. The molecule has 6 aromatic carbocycles. The molecule has 0 bridgehead atoms. The average Bonchev–Trinajstić information content (AvgIpc) is 3.87. The summed E-state index contributed by atoms with van der Waals surface area (Å²) in [6.07, 6.45) is 1.95. The maximum absolute atomic E-state index is 7.37. The van der Waals surface area contributed by atoms with Crippen molar-refractivity contribution >= 4 is 33.2 Å². The Morgan fingerprint density at radius 3 is 1.66 bits per heavy atom. The fraction of sp³-hybridized carbons (Fsp3) is 0.317. The van der Waals surface area contributed by atoms with E-state index in [4.69, 9.17) is 9.72 Å². The van der Waals surface area contributed by atoms with Gasteiger partial charge in [0.2, 0.25) is 0 Å². The molecule has 8 aromatic rings. The van der Waals surface area contributed by atoms with Crippen LogP contribution in [0.15, 0.2) is 169 Å². The van der Waals surface area contributed by atoms with Gasteiger partial charge in [0.25, 0.3) is 0 Å². The Morgan fingerprint density at radius 2 is 1.01 bits per heavy atom. The van der Waals surface area contributed by atoms with E-state index in [-0.39, 0.29) is 27.1 Å². The smallest absolute Gasteiger partial charge is 0.137 e. The molecule has 5 heteroatoms. The molecule has 0 spiro atoms. The predicted molar refractivity (Wildman–Crippen MR) is 289 cm³/mol. The average molecular weight is 899 g/mol. The van der Waals surface area contributed by atoms with Gasteiger partial charge in [0, 0.05) is 68.1 Å². The first-order valence-electron chi connectivity index (χ1n) is 24.4. The number of pyridine rings is 1. The van der Waals surface area contributed by atoms with Gasteiger partial charge in [-0.05, 0) is 92.7 Å². The molecular formula is C63H70N4O. The fourth-order valence-corrected chi connectivity index (χ4v) is 10.2. The third-order valence-corrected chi connectivity index (χ3v) is 13.8. The zero-order chi connectivity index (χ0) is 48.6. The first-order chi connectivity index (χ1) is 32.0. The number of fused-ring (bicyclic) bond motifs is 3. The Bertz CT molecular complexity index is 3180. The van der Waals surface area contributed by atoms with Gasteiger partial charge < -0.3 is 14.5 Å². The van der Waals surface area contributed by atoms with Crippen molar-refractivity contribution in [1.29, 1.82) is 0 Å². The van der Waals surface area contributed by atoms with Gasteiger partial charge in [-0.15, -0.1) is 0 Å². The summed E-state index contributed by atoms with van der Waals surface area (Å²) in [5.74, 6) is 2.44. The Balaban J connectivity index is 1.28. The maximum atomic E-state index is 7.37. The number of hydrogen-bond donors (Lipinski definition) is 0. The van der Waals surface area contributed by atoms with E-state index in [2.05, 4.69) is 263 Å². The van der Waals surface area contributed by atoms with E-state index in [9.17, 15) is 0 Å². The summed E-state index contributed by atoms with van der Waals surface area (Å²) in [5, 5.41) is 2.39. The minimum atomic E-state index is -0.384. The van der Waals surface area contributed by atoms with E-state index in [1.165, 1.54) is 50.1 Å². The second kappa shape index (κ2) is 16.9. The number of aromatic nitrogens is 2. The Kier molecular flexibility index (Phi) is 11.5. The standard InChI is InChI=1S/C63H70N4O/c1-59(2,3)45-28-23-29-47(36-45)65-41-66(58(62(10,11)12)57(65)61(7,8)9)48-34-43(42-24-17-15-18-25-42)35-49(38-48)68-50-39-52(63(13,14)44-26-19-16-20-27-44)56-51-30-21-22-31-53(51)67(54(56)40-50)55-37-46(32-33-64-55)60(4,5)6/h15-40H,41H2,1-14H3. The summed E-state index contributed by atoms with van der Waals surface area (Å²) in [7, 11) is 0. The van der Waals surface area contributed by atoms with Gasteiger partial charge in [0.15, 0.2) is 0 Å². The summed E-state index contributed by atoms with van der Waals surface area (Å²) in [4.78, 5) is 10.2. The minimum Gasteiger partial charge on any atom is -0.457 e. The van der Waals surface area contributed by atoms with Crippen molar-refractivity contribution in [1.82, 2.24) is 9.55 Å². The van der Waals surface area contributed by atoms with Crippen LogP contribution in [0.2, 0.25) is 0 Å². The molecular weight excluding hydrogens is 829 g/mol. The summed E-state index contributed by atoms with van der Waals surface area (Å²) < 4.78 is 9.71. The lowest BCUT2D eigenvalue weighted by atomic mass is 9.76. The molecule has 2 aromatic heterocycles. The van der Waals surface area contributed by atoms with Gasteiger partial charge in [0.05, 0.1) is 17.7 Å². The topological polar surface area (TPSA) is 33.5 Å². The lowest BCUT2D eigenvalue weighted by Crippen LogP contribution is -2.31. The highest BCUT2D eigenvalue weighted by Crippen LogP contribution is 2.50. The van der Waals surface area contributed by atoms with Gasteiger partial charge >= 0.3 is 0 Å². The monoisotopic (exact) mass is 899 g/mol. The molecule has 0 aliphatic carbocycles. The summed E-state index contributed by atoms with van der Waals surface area (Å²) in [6, 6.07) is 55.2. The lowest BCUT2D eigenvalue weighted by molar-refractivity contribution is 0.444. The number of anilines is 2. The first kappa shape index (κ1) is 46.5. The van der Waals surface area contributed by atoms with Crippen LogP contribution in [0.25, 0.3) is 38.8 Å². The van der Waals surface area contributed by atoms with Crippen molar-refractivity contribution in [2.75, 3.05) is 16.5 Å². The van der Waals surface area contributed by atoms with E-state index in [0.29, 0.717) is 6.67 Å². The Labute approximate surface area is 406 Å². The van der Waals surface area contributed by atoms with Gasteiger partial charge in [-0.3, -0.25) is 4.57 Å². The van der Waals surface area contributed by atoms with Gasteiger partial charge in [-0.1, -0.05) is 188 Å². The summed E-state index contributed by atoms with van der Waals surface area (Å²) >= 11 is 0. The Morgan fingerprint density at radius 1 is 0.441 bits per heavy atom. The van der Waals surface area contributed by atoms with E-state index in [0.717, 1.165) is 45.2 Å². The molecule has 5 nitrogen and oxygen atoms in total. The zero-order valence-electron chi connectivity index (χ0n) is 42.9. The molecule has 0 fully saturated rings. The molecule has 0 amide bonds. The van der Waals surface area contributed by atoms with E-state index in [1.54, 1.807) is 0 Å². The number of rotatable bonds is 8. The number of ether oxygens (including phenoxy) is 1. The van der Waals surface area contributed by atoms with Crippen molar-refractivity contribution in [3.63, 3.8) is 0 Å². The number of hydrogen-bond acceptors (Lipinski definition) is 4. The van der Waals surface area contributed by atoms with E-state index < -0.39 is 0 Å². The van der Waals surface area contributed by atoms with Crippen LogP contribution < -0.4 is 14.5 Å². The maximum Gasteiger partial charge on any atom is 0.137 e. The fourth-order valence-electron chi connectivity index (χ4n) is 10.2. The second-order valence-corrected chi connectivity index (χ2v) is 23.5. The highest BCUT2D eigenvalue weighted by atomic mass is 16.5. The van der Waals surface area contributed by atoms with Gasteiger partial charge in [-0.2, -0.15) is 0 Å². The van der Waals surface area contributed by atoms with E-state index in [1.807, 2.05) is 6.20 Å². The van der Waals surface area contributed by atoms with Crippen LogP contribution in [0.4, 0.5) is 11.4 Å². The van der Waals surface area contributed by atoms with Crippen molar-refractivity contribution in [2.24, 2.45) is 10.8 Å². The summed E-state index contributed by atoms with van der Waals surface area (Å²) in [5.41, 5.74) is 13.6. The molecule has 1 aliphatic heterocycles. The molecule has 0 saturated carbocycles. The molecule has 0 radical (unpaired) electrons. The van der Waals surface area contributed by atoms with Crippen LogP contribution in [0, 0.1) is 10.8 Å². The van der Waals surface area contributed by atoms with Crippen molar-refractivity contribution in [3.8, 4) is 28.4 Å². The molecule has 348 valence electrons. The highest BCUT2D eigenvalue weighted by molar-refractivity contribution is 6.11. The number of benzene rings is 6. The zero-order valence-corrected chi connectivity index (χ0v) is 42.9. The lowest BCUT2D eigenvalue weighted by Gasteiger charge is -2.34. The number of allylic oxidation sites excluding steroid dienone is 2. The van der Waals surface area contributed by atoms with Crippen molar-refractivity contribution < 1.29 is 4.74 Å². The molecule has 9 rings (SSSR count). The highest BCUT2D eigenvalue weighted by Gasteiger charge is 2.42. The number of nitrogens with zero attached hydrogens (tertiary/aromatic N) is 4. The van der Waals surface area contributed by atoms with Gasteiger partial charge in [-0.25, -0.2) is 4.98 Å². The SMILES string of the molecule is CC(C)(C)C1=C(C(C)(C)C)N(c2cccc(C(C)(C)C)c2)CN1c1cc(Oc2cc(C(C)(C)c3ccccc3)c3c4ccccc4n(-c4cc(C(C)(C)C)ccn4)c3c2)cc(-c2ccccc2)c1. The third-order valence-electron chi connectivity index (χ3n) is 13.8. The van der Waals surface area contributed by atoms with Crippen LogP contribution in [0.3, 0.4) is 0 Å². The molecule has 0 saturated heterocycles. The molecule has 0 N–H and O–H groups in total. The van der Waals surface area contributed by atoms with Crippen LogP contribution in [-0.2, 0) is 16.2 Å². The number of para-hydroxylation sites is 1. The third kappa shape index (κ3) is 8.73. The second-order valence-electron chi connectivity index (χ2n) is 23.5. The Hall–Kier alpha value is -6.59. The minimum absolute atomic E-state index is 0.0185. The van der Waals surface area contributed by atoms with Crippen molar-refractivity contribution in [3.05, 3.63) is 192 Å². The van der Waals surface area contributed by atoms with E-state index >= 15 is 0 Å². The molecule has 68 heavy (non-hydrogen) atoms. The summed E-state index contributed by atoms with van der Waals surface area (Å²) in [6.45, 7) is 33.1. The van der Waals surface area contributed by atoms with Crippen LogP contribution in [0.1, 0.15) is 119 Å². The van der Waals surface area contributed by atoms with Crippen LogP contribution in [0.5, 0.6) is 11.5 Å². The predicted octanol–water partition coefficient (Wildman–Crippen LogP) is 17.1.